The minimum absolute atomic E-state index is 0.0544. The minimum Gasteiger partial charge on any atom is -0.352 e. The highest BCUT2D eigenvalue weighted by Crippen LogP contribution is 2.32. The van der Waals surface area contributed by atoms with Crippen LogP contribution in [0.15, 0.2) is 78.9 Å². The molecule has 4 rings (SSSR count). The summed E-state index contributed by atoms with van der Waals surface area (Å²) in [6, 6.07) is 19.6. The molecule has 1 aliphatic heterocycles. The molecule has 0 bridgehead atoms. The molecule has 2 atom stereocenters. The summed E-state index contributed by atoms with van der Waals surface area (Å²) in [4.78, 5) is 27.8. The second-order valence-corrected chi connectivity index (χ2v) is 8.67. The van der Waals surface area contributed by atoms with Crippen LogP contribution in [0.25, 0.3) is 0 Å². The van der Waals surface area contributed by atoms with Crippen molar-refractivity contribution >= 4 is 11.8 Å². The molecule has 4 nitrogen and oxygen atoms in total. The van der Waals surface area contributed by atoms with Gasteiger partial charge < -0.3 is 10.2 Å². The first kappa shape index (κ1) is 24.4. The highest BCUT2D eigenvalue weighted by atomic mass is 19.4. The number of carbonyl (C=O) groups is 2. The summed E-state index contributed by atoms with van der Waals surface area (Å²) in [6.07, 6.45) is -3.97. The van der Waals surface area contributed by atoms with Crippen molar-refractivity contribution in [3.05, 3.63) is 107 Å². The van der Waals surface area contributed by atoms with Crippen LogP contribution >= 0.6 is 0 Å². The molecule has 3 aromatic carbocycles. The van der Waals surface area contributed by atoms with Crippen molar-refractivity contribution in [2.75, 3.05) is 13.1 Å². The van der Waals surface area contributed by atoms with Crippen molar-refractivity contribution in [1.29, 1.82) is 0 Å². The van der Waals surface area contributed by atoms with Crippen LogP contribution in [0.5, 0.6) is 0 Å². The van der Waals surface area contributed by atoms with Crippen LogP contribution in [0.3, 0.4) is 0 Å². The number of amides is 2. The molecule has 0 aliphatic carbocycles. The molecule has 1 saturated heterocycles. The van der Waals surface area contributed by atoms with Crippen LogP contribution in [0, 0.1) is 11.7 Å². The molecule has 0 aromatic heterocycles. The van der Waals surface area contributed by atoms with Crippen molar-refractivity contribution in [3.63, 3.8) is 0 Å². The molecule has 1 heterocycles. The molecular formula is C27H24F4N2O2. The molecule has 0 spiro atoms. The molecule has 3 aromatic rings. The maximum absolute atomic E-state index is 13.3. The Balaban J connectivity index is 1.50. The van der Waals surface area contributed by atoms with Gasteiger partial charge in [0.15, 0.2) is 0 Å². The van der Waals surface area contributed by atoms with E-state index >= 15 is 0 Å². The number of benzene rings is 3. The van der Waals surface area contributed by atoms with E-state index < -0.39 is 23.5 Å². The van der Waals surface area contributed by atoms with E-state index in [1.165, 1.54) is 36.4 Å². The van der Waals surface area contributed by atoms with Gasteiger partial charge in [-0.25, -0.2) is 4.39 Å². The van der Waals surface area contributed by atoms with Gasteiger partial charge in [0.25, 0.3) is 5.91 Å². The van der Waals surface area contributed by atoms with E-state index in [0.717, 1.165) is 17.7 Å². The summed E-state index contributed by atoms with van der Waals surface area (Å²) < 4.78 is 52.3. The van der Waals surface area contributed by atoms with Gasteiger partial charge in [0.1, 0.15) is 5.82 Å². The predicted molar refractivity (Wildman–Crippen MR) is 123 cm³/mol. The third-order valence-corrected chi connectivity index (χ3v) is 6.19. The predicted octanol–water partition coefficient (Wildman–Crippen LogP) is 5.41. The number of rotatable bonds is 5. The molecule has 1 aliphatic rings. The fourth-order valence-electron chi connectivity index (χ4n) is 4.39. The molecule has 35 heavy (non-hydrogen) atoms. The van der Waals surface area contributed by atoms with Crippen molar-refractivity contribution in [2.24, 2.45) is 5.92 Å². The Morgan fingerprint density at radius 1 is 0.914 bits per heavy atom. The van der Waals surface area contributed by atoms with Gasteiger partial charge >= 0.3 is 6.18 Å². The van der Waals surface area contributed by atoms with E-state index in [1.807, 2.05) is 30.3 Å². The normalized spacial score (nSPS) is 18.2. The van der Waals surface area contributed by atoms with Gasteiger partial charge in [-0.1, -0.05) is 42.5 Å². The Hall–Kier alpha value is -3.68. The number of nitrogens with one attached hydrogen (secondary N) is 1. The summed E-state index contributed by atoms with van der Waals surface area (Å²) in [5.74, 6) is -1.74. The Morgan fingerprint density at radius 3 is 2.31 bits per heavy atom. The second-order valence-electron chi connectivity index (χ2n) is 8.67. The lowest BCUT2D eigenvalue weighted by Crippen LogP contribution is -2.48. The van der Waals surface area contributed by atoms with E-state index in [9.17, 15) is 27.2 Å². The fraction of sp³-hybridized carbons (Fsp3) is 0.259. The highest BCUT2D eigenvalue weighted by molar-refractivity contribution is 5.94. The van der Waals surface area contributed by atoms with Gasteiger partial charge in [-0.15, -0.1) is 0 Å². The van der Waals surface area contributed by atoms with Gasteiger partial charge in [-0.2, -0.15) is 13.2 Å². The smallest absolute Gasteiger partial charge is 0.352 e. The summed E-state index contributed by atoms with van der Waals surface area (Å²) in [5.41, 5.74) is 0.869. The van der Waals surface area contributed by atoms with E-state index in [1.54, 1.807) is 4.90 Å². The molecule has 0 unspecified atom stereocenters. The van der Waals surface area contributed by atoms with Crippen LogP contribution < -0.4 is 5.32 Å². The first-order valence-corrected chi connectivity index (χ1v) is 11.2. The van der Waals surface area contributed by atoms with Gasteiger partial charge in [0.2, 0.25) is 5.91 Å². The lowest BCUT2D eigenvalue weighted by molar-refractivity contribution is -0.137. The van der Waals surface area contributed by atoms with E-state index in [0.29, 0.717) is 24.1 Å². The molecule has 2 amide bonds. The Bertz CT molecular complexity index is 1180. The SMILES string of the molecule is O=C(NCc1cccc(C(F)(F)F)c1)[C@@H]1C[C@H](c2ccccc2)CN(C(=O)c2ccc(F)cc2)C1. The van der Waals surface area contributed by atoms with Crippen molar-refractivity contribution in [3.8, 4) is 0 Å². The average molecular weight is 484 g/mol. The zero-order chi connectivity index (χ0) is 25.0. The first-order valence-electron chi connectivity index (χ1n) is 11.2. The highest BCUT2D eigenvalue weighted by Gasteiger charge is 2.35. The maximum Gasteiger partial charge on any atom is 0.416 e. The fourth-order valence-corrected chi connectivity index (χ4v) is 4.39. The number of alkyl halides is 3. The largest absolute Gasteiger partial charge is 0.416 e. The van der Waals surface area contributed by atoms with Crippen LogP contribution in [0.4, 0.5) is 17.6 Å². The Kier molecular flexibility index (Phi) is 7.19. The zero-order valence-electron chi connectivity index (χ0n) is 18.8. The number of nitrogens with zero attached hydrogens (tertiary/aromatic N) is 1. The van der Waals surface area contributed by atoms with Crippen molar-refractivity contribution in [2.45, 2.75) is 25.1 Å². The number of hydrogen-bond acceptors (Lipinski definition) is 2. The third kappa shape index (κ3) is 6.07. The van der Waals surface area contributed by atoms with Crippen LogP contribution in [0.1, 0.15) is 39.4 Å². The van der Waals surface area contributed by atoms with Gasteiger partial charge in [-0.05, 0) is 53.9 Å². The van der Waals surface area contributed by atoms with Crippen LogP contribution in [0.2, 0.25) is 0 Å². The molecule has 8 heteroatoms. The summed E-state index contributed by atoms with van der Waals surface area (Å²) in [7, 11) is 0. The van der Waals surface area contributed by atoms with E-state index in [-0.39, 0.29) is 30.8 Å². The minimum atomic E-state index is -4.46. The van der Waals surface area contributed by atoms with E-state index in [4.69, 9.17) is 0 Å². The van der Waals surface area contributed by atoms with Crippen molar-refractivity contribution < 1.29 is 27.2 Å². The number of hydrogen-bond donors (Lipinski definition) is 1. The summed E-state index contributed by atoms with van der Waals surface area (Å²) in [5, 5.41) is 2.73. The average Bonchev–Trinajstić information content (AvgIpc) is 2.87. The third-order valence-electron chi connectivity index (χ3n) is 6.19. The zero-order valence-corrected chi connectivity index (χ0v) is 18.8. The molecule has 0 saturated carbocycles. The standard InChI is InChI=1S/C27H24F4N2O2/c28-24-11-9-20(10-12-24)26(35)33-16-21(19-6-2-1-3-7-19)14-22(17-33)25(34)32-15-18-5-4-8-23(13-18)27(29,30)31/h1-13,21-22H,14-17H2,(H,32,34)/t21-,22+/m0/s1. The lowest BCUT2D eigenvalue weighted by Gasteiger charge is -2.37. The monoisotopic (exact) mass is 484 g/mol. The topological polar surface area (TPSA) is 49.4 Å². The van der Waals surface area contributed by atoms with Crippen LogP contribution in [-0.4, -0.2) is 29.8 Å². The molecular weight excluding hydrogens is 460 g/mol. The first-order chi connectivity index (χ1) is 16.7. The molecule has 182 valence electrons. The van der Waals surface area contributed by atoms with Gasteiger partial charge in [0.05, 0.1) is 11.5 Å². The van der Waals surface area contributed by atoms with Gasteiger partial charge in [0, 0.05) is 31.1 Å². The second kappa shape index (κ2) is 10.3. The summed E-state index contributed by atoms with van der Waals surface area (Å²) in [6.45, 7) is 0.507. The molecule has 1 N–H and O–H groups in total. The van der Waals surface area contributed by atoms with Crippen LogP contribution in [-0.2, 0) is 17.5 Å². The maximum atomic E-state index is 13.3. The Labute approximate surface area is 200 Å². The van der Waals surface area contributed by atoms with E-state index in [2.05, 4.69) is 5.32 Å². The Morgan fingerprint density at radius 2 is 1.63 bits per heavy atom. The van der Waals surface area contributed by atoms with Gasteiger partial charge in [-0.3, -0.25) is 9.59 Å². The lowest BCUT2D eigenvalue weighted by atomic mass is 9.83. The number of likely N-dealkylation sites (tertiary alicyclic amines) is 1. The number of carbonyl (C=O) groups excluding carboxylic acids is 2. The number of piperidine rings is 1. The number of halogens is 4. The summed E-state index contributed by atoms with van der Waals surface area (Å²) >= 11 is 0. The van der Waals surface area contributed by atoms with Crippen molar-refractivity contribution in [1.82, 2.24) is 10.2 Å². The molecule has 0 radical (unpaired) electrons. The molecule has 1 fully saturated rings. The quantitative estimate of drug-likeness (QED) is 0.493.